The van der Waals surface area contributed by atoms with E-state index in [1.165, 1.54) is 35.2 Å². The first-order chi connectivity index (χ1) is 18.7. The van der Waals surface area contributed by atoms with E-state index in [1.54, 1.807) is 50.2 Å². The topological polar surface area (TPSA) is 105 Å². The van der Waals surface area contributed by atoms with Crippen LogP contribution in [0, 0.1) is 11.7 Å². The highest BCUT2D eigenvalue weighted by Gasteiger charge is 2.39. The number of benzene rings is 3. The maximum Gasteiger partial charge on any atom is 0.299 e. The second kappa shape index (κ2) is 10.6. The van der Waals surface area contributed by atoms with Gasteiger partial charge in [-0.05, 0) is 47.9 Å². The second-order valence-corrected chi connectivity index (χ2v) is 9.63. The Hall–Kier alpha value is -4.73. The molecule has 0 radical (unpaired) electrons. The Morgan fingerprint density at radius 2 is 1.72 bits per heavy atom. The Balaban J connectivity index is 1.44. The van der Waals surface area contributed by atoms with Gasteiger partial charge in [-0.1, -0.05) is 38.1 Å². The van der Waals surface area contributed by atoms with E-state index in [2.05, 4.69) is 5.32 Å². The van der Waals surface area contributed by atoms with Gasteiger partial charge in [-0.25, -0.2) is 4.39 Å². The molecule has 2 aliphatic rings. The minimum Gasteiger partial charge on any atom is -0.454 e. The number of ether oxygens (including phenoxy) is 2. The number of carbonyl (C=O) groups excluding carboxylic acids is 4. The van der Waals surface area contributed by atoms with Crippen molar-refractivity contribution in [3.05, 3.63) is 83.7 Å². The molecule has 3 amide bonds. The fourth-order valence-electron chi connectivity index (χ4n) is 4.75. The van der Waals surface area contributed by atoms with E-state index < -0.39 is 41.9 Å². The van der Waals surface area contributed by atoms with Crippen LogP contribution >= 0.6 is 0 Å². The Kier molecular flexibility index (Phi) is 7.02. The van der Waals surface area contributed by atoms with E-state index in [-0.39, 0.29) is 24.8 Å². The number of anilines is 2. The molecule has 0 aliphatic carbocycles. The Morgan fingerprint density at radius 3 is 2.46 bits per heavy atom. The Bertz CT molecular complexity index is 1460. The van der Waals surface area contributed by atoms with E-state index in [1.807, 2.05) is 0 Å². The molecule has 0 fully saturated rings. The number of hydrogen-bond donors (Lipinski definition) is 1. The lowest BCUT2D eigenvalue weighted by Crippen LogP contribution is -2.53. The number of carbonyl (C=O) groups is 4. The third-order valence-corrected chi connectivity index (χ3v) is 6.63. The standard InChI is InChI=1S/C29H26FN3O6/c1-17(2)26(28(36)31-20-11-12-23-24(13-20)39-16-38-23)33(14-18-7-9-19(30)10-8-18)25(34)15-32-22-6-4-3-5-21(22)27(35)29(32)37/h3-13,17,26H,14-16H2,1-2H3,(H,31,36)/t26-/m0/s1. The molecule has 10 heteroatoms. The SMILES string of the molecule is CC(C)[C@@H](C(=O)Nc1ccc2c(c1)OCO2)N(Cc1ccc(F)cc1)C(=O)CN1C(=O)C(=O)c2ccccc21. The zero-order chi connectivity index (χ0) is 27.7. The lowest BCUT2D eigenvalue weighted by Gasteiger charge is -2.34. The second-order valence-electron chi connectivity index (χ2n) is 9.63. The molecule has 200 valence electrons. The van der Waals surface area contributed by atoms with Crippen LogP contribution in [0.15, 0.2) is 66.7 Å². The van der Waals surface area contributed by atoms with E-state index in [0.29, 0.717) is 28.4 Å². The van der Waals surface area contributed by atoms with Gasteiger partial charge in [0.15, 0.2) is 11.5 Å². The number of rotatable bonds is 8. The average molecular weight is 532 g/mol. The molecule has 1 atom stereocenters. The molecular weight excluding hydrogens is 505 g/mol. The first-order valence-electron chi connectivity index (χ1n) is 12.4. The number of fused-ring (bicyclic) bond motifs is 2. The number of amides is 3. The van der Waals surface area contributed by atoms with Crippen LogP contribution in [0.5, 0.6) is 11.5 Å². The van der Waals surface area contributed by atoms with E-state index >= 15 is 0 Å². The van der Waals surface area contributed by atoms with E-state index in [4.69, 9.17) is 9.47 Å². The van der Waals surface area contributed by atoms with Crippen molar-refractivity contribution < 1.29 is 33.0 Å². The van der Waals surface area contributed by atoms with Crippen molar-refractivity contribution in [1.82, 2.24) is 4.90 Å². The minimum atomic E-state index is -0.961. The number of para-hydroxylation sites is 1. The smallest absolute Gasteiger partial charge is 0.299 e. The van der Waals surface area contributed by atoms with E-state index in [0.717, 1.165) is 4.90 Å². The highest BCUT2D eigenvalue weighted by Crippen LogP contribution is 2.34. The van der Waals surface area contributed by atoms with Crippen LogP contribution in [-0.4, -0.2) is 47.8 Å². The molecule has 9 nitrogen and oxygen atoms in total. The quantitative estimate of drug-likeness (QED) is 0.444. The zero-order valence-corrected chi connectivity index (χ0v) is 21.3. The number of halogens is 1. The van der Waals surface area contributed by atoms with Gasteiger partial charge >= 0.3 is 0 Å². The van der Waals surface area contributed by atoms with Gasteiger partial charge in [0.2, 0.25) is 18.6 Å². The summed E-state index contributed by atoms with van der Waals surface area (Å²) in [5, 5.41) is 2.85. The summed E-state index contributed by atoms with van der Waals surface area (Å²) in [6, 6.07) is 16.1. The number of Topliss-reactive ketones (excluding diaryl/α,β-unsaturated/α-hetero) is 1. The number of nitrogens with zero attached hydrogens (tertiary/aromatic N) is 2. The largest absolute Gasteiger partial charge is 0.454 e. The minimum absolute atomic E-state index is 0.0197. The number of nitrogens with one attached hydrogen (secondary N) is 1. The third-order valence-electron chi connectivity index (χ3n) is 6.63. The van der Waals surface area contributed by atoms with Gasteiger partial charge in [0.1, 0.15) is 18.4 Å². The van der Waals surface area contributed by atoms with Crippen LogP contribution in [0.2, 0.25) is 0 Å². The molecule has 0 bridgehead atoms. The Morgan fingerprint density at radius 1 is 1.00 bits per heavy atom. The number of hydrogen-bond acceptors (Lipinski definition) is 6. The summed E-state index contributed by atoms with van der Waals surface area (Å²) in [4.78, 5) is 55.2. The maximum absolute atomic E-state index is 13.8. The van der Waals surface area contributed by atoms with Gasteiger partial charge in [-0.15, -0.1) is 0 Å². The summed E-state index contributed by atoms with van der Waals surface area (Å²) < 4.78 is 24.3. The van der Waals surface area contributed by atoms with Gasteiger partial charge < -0.3 is 19.7 Å². The molecule has 5 rings (SSSR count). The summed E-state index contributed by atoms with van der Waals surface area (Å²) in [5.74, 6) is -2.22. The normalized spacial score (nSPS) is 14.4. The summed E-state index contributed by atoms with van der Waals surface area (Å²) in [6.45, 7) is 3.23. The first-order valence-corrected chi connectivity index (χ1v) is 12.4. The van der Waals surface area contributed by atoms with Crippen molar-refractivity contribution in [2.45, 2.75) is 26.4 Å². The van der Waals surface area contributed by atoms with E-state index in [9.17, 15) is 23.6 Å². The Labute approximate surface area is 224 Å². The molecule has 0 unspecified atom stereocenters. The van der Waals surface area contributed by atoms with Crippen LogP contribution in [-0.2, 0) is 20.9 Å². The summed E-state index contributed by atoms with van der Waals surface area (Å²) >= 11 is 0. The zero-order valence-electron chi connectivity index (χ0n) is 21.3. The fourth-order valence-corrected chi connectivity index (χ4v) is 4.75. The van der Waals surface area contributed by atoms with Crippen molar-refractivity contribution in [1.29, 1.82) is 0 Å². The van der Waals surface area contributed by atoms with Gasteiger partial charge in [0.05, 0.1) is 11.3 Å². The fraction of sp³-hybridized carbons (Fsp3) is 0.241. The monoisotopic (exact) mass is 531 g/mol. The van der Waals surface area contributed by atoms with Gasteiger partial charge in [-0.2, -0.15) is 0 Å². The van der Waals surface area contributed by atoms with Crippen LogP contribution in [0.4, 0.5) is 15.8 Å². The van der Waals surface area contributed by atoms with Crippen LogP contribution in [0.25, 0.3) is 0 Å². The van der Waals surface area contributed by atoms with Crippen LogP contribution < -0.4 is 19.7 Å². The molecule has 0 saturated carbocycles. The molecule has 39 heavy (non-hydrogen) atoms. The summed E-state index contributed by atoms with van der Waals surface area (Å²) in [6.07, 6.45) is 0. The molecule has 2 aliphatic heterocycles. The first kappa shape index (κ1) is 25.9. The molecule has 2 heterocycles. The van der Waals surface area contributed by atoms with Crippen molar-refractivity contribution in [2.24, 2.45) is 5.92 Å². The molecule has 1 N–H and O–H groups in total. The summed E-state index contributed by atoms with van der Waals surface area (Å²) in [5.41, 5.74) is 1.61. The maximum atomic E-state index is 13.8. The molecule has 0 saturated heterocycles. The van der Waals surface area contributed by atoms with Crippen molar-refractivity contribution >= 4 is 34.9 Å². The average Bonchev–Trinajstić information content (AvgIpc) is 3.47. The lowest BCUT2D eigenvalue weighted by atomic mass is 10.00. The predicted octanol–water partition coefficient (Wildman–Crippen LogP) is 3.78. The van der Waals surface area contributed by atoms with Gasteiger partial charge in [0.25, 0.3) is 11.7 Å². The van der Waals surface area contributed by atoms with Crippen LogP contribution in [0.1, 0.15) is 29.8 Å². The van der Waals surface area contributed by atoms with Gasteiger partial charge in [0, 0.05) is 18.3 Å². The molecular formula is C29H26FN3O6. The van der Waals surface area contributed by atoms with Crippen molar-refractivity contribution in [3.8, 4) is 11.5 Å². The number of ketones is 1. The van der Waals surface area contributed by atoms with Crippen LogP contribution in [0.3, 0.4) is 0 Å². The highest BCUT2D eigenvalue weighted by atomic mass is 19.1. The molecule has 0 aromatic heterocycles. The lowest BCUT2D eigenvalue weighted by molar-refractivity contribution is -0.140. The summed E-state index contributed by atoms with van der Waals surface area (Å²) in [7, 11) is 0. The molecule has 3 aromatic carbocycles. The predicted molar refractivity (Wildman–Crippen MR) is 140 cm³/mol. The third kappa shape index (κ3) is 5.18. The van der Waals surface area contributed by atoms with Crippen molar-refractivity contribution in [2.75, 3.05) is 23.6 Å². The molecule has 0 spiro atoms. The van der Waals surface area contributed by atoms with Gasteiger partial charge in [-0.3, -0.25) is 24.1 Å². The highest BCUT2D eigenvalue weighted by molar-refractivity contribution is 6.52. The van der Waals surface area contributed by atoms with Crippen molar-refractivity contribution in [3.63, 3.8) is 0 Å². The molecule has 3 aromatic rings.